The number of hydrogen-bond donors (Lipinski definition) is 0. The predicted octanol–water partition coefficient (Wildman–Crippen LogP) is 2.39. The van der Waals surface area contributed by atoms with Gasteiger partial charge in [-0.25, -0.2) is 19.1 Å². The van der Waals surface area contributed by atoms with Gasteiger partial charge in [-0.15, -0.1) is 0 Å². The first-order valence-electron chi connectivity index (χ1n) is 9.62. The maximum absolute atomic E-state index is 13.6. The number of hydrogen-bond acceptors (Lipinski definition) is 6. The van der Waals surface area contributed by atoms with Crippen LogP contribution in [0.15, 0.2) is 64.6 Å². The van der Waals surface area contributed by atoms with Crippen LogP contribution in [0.3, 0.4) is 0 Å². The largest absolute Gasteiger partial charge is 0.465 e. The van der Waals surface area contributed by atoms with Crippen LogP contribution >= 0.6 is 0 Å². The van der Waals surface area contributed by atoms with Gasteiger partial charge in [-0.3, -0.25) is 14.3 Å². The molecule has 3 heterocycles. The predicted molar refractivity (Wildman–Crippen MR) is 116 cm³/mol. The van der Waals surface area contributed by atoms with Gasteiger partial charge >= 0.3 is 11.7 Å². The monoisotopic (exact) mass is 416 g/mol. The van der Waals surface area contributed by atoms with Gasteiger partial charge in [0, 0.05) is 18.6 Å². The maximum Gasteiger partial charge on any atom is 0.338 e. The van der Waals surface area contributed by atoms with Crippen molar-refractivity contribution in [2.75, 3.05) is 7.11 Å². The van der Waals surface area contributed by atoms with Crippen LogP contribution in [0.4, 0.5) is 0 Å². The molecule has 8 heteroatoms. The number of aryl methyl sites for hydroxylation is 1. The zero-order chi connectivity index (χ0) is 22.1. The molecular formula is C23H20N4O4. The molecule has 4 aromatic rings. The van der Waals surface area contributed by atoms with Gasteiger partial charge in [-0.2, -0.15) is 0 Å². The molecule has 0 amide bonds. The first kappa shape index (κ1) is 20.2. The fourth-order valence-corrected chi connectivity index (χ4v) is 3.71. The number of aromatic nitrogens is 4. The van der Waals surface area contributed by atoms with Crippen LogP contribution in [0.25, 0.3) is 16.7 Å². The molecule has 0 atom stereocenters. The van der Waals surface area contributed by atoms with Crippen LogP contribution in [-0.2, 0) is 11.3 Å². The normalized spacial score (nSPS) is 10.9. The van der Waals surface area contributed by atoms with E-state index >= 15 is 0 Å². The Balaban J connectivity index is 2.07. The number of benzene rings is 1. The number of fused-ring (bicyclic) bond motifs is 1. The third-order valence-corrected chi connectivity index (χ3v) is 5.26. The average Bonchev–Trinajstić information content (AvgIpc) is 2.78. The summed E-state index contributed by atoms with van der Waals surface area (Å²) in [5, 5.41) is 0.302. The molecule has 0 bridgehead atoms. The Bertz CT molecular complexity index is 1420. The first-order chi connectivity index (χ1) is 14.9. The van der Waals surface area contributed by atoms with Gasteiger partial charge in [0.1, 0.15) is 0 Å². The summed E-state index contributed by atoms with van der Waals surface area (Å²) in [4.78, 5) is 47.3. The van der Waals surface area contributed by atoms with E-state index in [2.05, 4.69) is 9.97 Å². The van der Waals surface area contributed by atoms with E-state index in [1.165, 1.54) is 17.9 Å². The smallest absolute Gasteiger partial charge is 0.338 e. The molecule has 0 unspecified atom stereocenters. The second-order valence-electron chi connectivity index (χ2n) is 7.13. The summed E-state index contributed by atoms with van der Waals surface area (Å²) in [5.74, 6) is -0.493. The van der Waals surface area contributed by atoms with Crippen molar-refractivity contribution in [3.63, 3.8) is 0 Å². The molecule has 0 saturated carbocycles. The van der Waals surface area contributed by atoms with Gasteiger partial charge < -0.3 is 4.74 Å². The molecular weight excluding hydrogens is 396 g/mol. The van der Waals surface area contributed by atoms with Gasteiger partial charge in [0.2, 0.25) is 0 Å². The minimum absolute atomic E-state index is 0.0831. The summed E-state index contributed by atoms with van der Waals surface area (Å²) in [6.07, 6.45) is 4.73. The number of rotatable bonds is 4. The number of pyridine rings is 2. The van der Waals surface area contributed by atoms with Crippen molar-refractivity contribution in [2.24, 2.45) is 0 Å². The van der Waals surface area contributed by atoms with Gasteiger partial charge in [0.25, 0.3) is 5.56 Å². The van der Waals surface area contributed by atoms with Crippen LogP contribution in [0.5, 0.6) is 0 Å². The molecule has 0 radical (unpaired) electrons. The van der Waals surface area contributed by atoms with Crippen molar-refractivity contribution >= 4 is 17.0 Å². The lowest BCUT2D eigenvalue weighted by Gasteiger charge is -2.17. The van der Waals surface area contributed by atoms with E-state index in [4.69, 9.17) is 4.74 Å². The minimum atomic E-state index is -0.546. The Kier molecular flexibility index (Phi) is 5.21. The second-order valence-corrected chi connectivity index (χ2v) is 7.13. The van der Waals surface area contributed by atoms with E-state index in [-0.39, 0.29) is 12.2 Å². The van der Waals surface area contributed by atoms with E-state index < -0.39 is 17.2 Å². The summed E-state index contributed by atoms with van der Waals surface area (Å²) in [7, 11) is 1.31. The van der Waals surface area contributed by atoms with E-state index in [0.717, 1.165) is 15.7 Å². The Morgan fingerprint density at radius 3 is 2.48 bits per heavy atom. The maximum atomic E-state index is 13.6. The number of methoxy groups -OCH3 is 1. The molecule has 0 N–H and O–H groups in total. The van der Waals surface area contributed by atoms with E-state index in [9.17, 15) is 14.4 Å². The van der Waals surface area contributed by atoms with Crippen molar-refractivity contribution in [2.45, 2.75) is 20.4 Å². The standard InChI is InChI=1S/C23H20N4O4/c1-14-6-7-18(15(2)19(14)22(29)31-3)27-20-17(5-4-10-25-20)21(28)26(23(27)30)13-16-8-11-24-12-9-16/h4-12H,13H2,1-3H3. The lowest BCUT2D eigenvalue weighted by atomic mass is 10.0. The number of nitrogens with zero attached hydrogens (tertiary/aromatic N) is 4. The van der Waals surface area contributed by atoms with Crippen LogP contribution in [0.1, 0.15) is 27.0 Å². The molecule has 8 nitrogen and oxygen atoms in total. The fourth-order valence-electron chi connectivity index (χ4n) is 3.71. The highest BCUT2D eigenvalue weighted by Crippen LogP contribution is 2.23. The van der Waals surface area contributed by atoms with Gasteiger partial charge in [0.05, 0.1) is 30.3 Å². The number of ether oxygens (including phenoxy) is 1. The highest BCUT2D eigenvalue weighted by molar-refractivity contribution is 5.94. The van der Waals surface area contributed by atoms with Crippen molar-refractivity contribution in [1.82, 2.24) is 19.1 Å². The molecule has 4 rings (SSSR count). The highest BCUT2D eigenvalue weighted by atomic mass is 16.5. The first-order valence-corrected chi connectivity index (χ1v) is 9.62. The SMILES string of the molecule is COC(=O)c1c(C)ccc(-n2c(=O)n(Cc3ccncc3)c(=O)c3cccnc32)c1C. The van der Waals surface area contributed by atoms with Crippen molar-refractivity contribution in [3.05, 3.63) is 98.1 Å². The van der Waals surface area contributed by atoms with Crippen LogP contribution in [0, 0.1) is 13.8 Å². The van der Waals surface area contributed by atoms with Gasteiger partial charge in [-0.05, 0) is 60.9 Å². The molecule has 3 aromatic heterocycles. The summed E-state index contributed by atoms with van der Waals surface area (Å²) in [6, 6.07) is 10.3. The van der Waals surface area contributed by atoms with Crippen molar-refractivity contribution in [3.8, 4) is 5.69 Å². The summed E-state index contributed by atoms with van der Waals surface area (Å²) in [6.45, 7) is 3.63. The van der Waals surface area contributed by atoms with E-state index in [1.54, 1.807) is 62.6 Å². The third kappa shape index (κ3) is 3.42. The molecule has 0 aliphatic rings. The van der Waals surface area contributed by atoms with Gasteiger partial charge in [-0.1, -0.05) is 6.07 Å². The van der Waals surface area contributed by atoms with Gasteiger partial charge in [0.15, 0.2) is 5.65 Å². The minimum Gasteiger partial charge on any atom is -0.465 e. The molecule has 0 fully saturated rings. The lowest BCUT2D eigenvalue weighted by Crippen LogP contribution is -2.40. The Morgan fingerprint density at radius 2 is 1.77 bits per heavy atom. The Labute approximate surface area is 177 Å². The number of esters is 1. The summed E-state index contributed by atoms with van der Waals surface area (Å²) < 4.78 is 7.46. The number of carbonyl (C=O) groups excluding carboxylic acids is 1. The average molecular weight is 416 g/mol. The van der Waals surface area contributed by atoms with Crippen LogP contribution < -0.4 is 11.2 Å². The summed E-state index contributed by atoms with van der Waals surface area (Å²) >= 11 is 0. The zero-order valence-electron chi connectivity index (χ0n) is 17.3. The van der Waals surface area contributed by atoms with E-state index in [0.29, 0.717) is 22.2 Å². The molecule has 31 heavy (non-hydrogen) atoms. The molecule has 0 aliphatic carbocycles. The fraction of sp³-hybridized carbons (Fsp3) is 0.174. The zero-order valence-corrected chi connectivity index (χ0v) is 17.3. The van der Waals surface area contributed by atoms with Crippen molar-refractivity contribution < 1.29 is 9.53 Å². The quantitative estimate of drug-likeness (QED) is 0.474. The highest BCUT2D eigenvalue weighted by Gasteiger charge is 2.21. The molecule has 1 aromatic carbocycles. The van der Waals surface area contributed by atoms with Crippen molar-refractivity contribution in [1.29, 1.82) is 0 Å². The third-order valence-electron chi connectivity index (χ3n) is 5.26. The summed E-state index contributed by atoms with van der Waals surface area (Å²) in [5.41, 5.74) is 2.14. The molecule has 156 valence electrons. The number of carbonyl (C=O) groups is 1. The molecule has 0 aliphatic heterocycles. The second kappa shape index (κ2) is 7.98. The Hall–Kier alpha value is -4.07. The lowest BCUT2D eigenvalue weighted by molar-refractivity contribution is 0.0599. The molecule has 0 saturated heterocycles. The van der Waals surface area contributed by atoms with Crippen LogP contribution in [0.2, 0.25) is 0 Å². The Morgan fingerprint density at radius 1 is 1.03 bits per heavy atom. The molecule has 0 spiro atoms. The van der Waals surface area contributed by atoms with Crippen LogP contribution in [-0.4, -0.2) is 32.2 Å². The van der Waals surface area contributed by atoms with E-state index in [1.807, 2.05) is 0 Å². The topological polar surface area (TPSA) is 96.1 Å².